The summed E-state index contributed by atoms with van der Waals surface area (Å²) in [5, 5.41) is 9.04. The molecule has 0 saturated carbocycles. The molecule has 54 valence electrons. The van der Waals surface area contributed by atoms with Gasteiger partial charge >= 0.3 is 6.40 Å². The van der Waals surface area contributed by atoms with Gasteiger partial charge in [0, 0.05) is 25.5 Å². The zero-order chi connectivity index (χ0) is 7.49. The third-order valence-electron chi connectivity index (χ3n) is 0.893. The first kappa shape index (κ1) is 8.27. The first-order chi connectivity index (χ1) is 3.98. The molecule has 0 bridgehead atoms. The van der Waals surface area contributed by atoms with Crippen LogP contribution in [-0.4, -0.2) is 29.0 Å². The van der Waals surface area contributed by atoms with E-state index in [1.165, 1.54) is 13.5 Å². The fraction of sp³-hybridized carbons (Fsp3) is 0.833. The first-order valence-electron chi connectivity index (χ1n) is 2.83. The maximum absolute atomic E-state index is 9.04. The third-order valence-corrected chi connectivity index (χ3v) is 0.893. The minimum atomic E-state index is -0.282. The number of rotatable bonds is 1. The van der Waals surface area contributed by atoms with Gasteiger partial charge in [0.1, 0.15) is 0 Å². The Balaban J connectivity index is 4.03. The number of ether oxygens (including phenoxy) is 1. The molecule has 0 heterocycles. The van der Waals surface area contributed by atoms with Crippen molar-refractivity contribution < 1.29 is 14.7 Å². The van der Waals surface area contributed by atoms with Crippen molar-refractivity contribution in [1.82, 2.24) is 0 Å². The molecular formula is C6H14NO2+. The molecule has 0 unspecified atom stereocenters. The lowest BCUT2D eigenvalue weighted by Gasteiger charge is -2.07. The van der Waals surface area contributed by atoms with E-state index in [1.54, 1.807) is 0 Å². The van der Waals surface area contributed by atoms with E-state index in [4.69, 9.17) is 5.21 Å². The molecule has 0 aromatic carbocycles. The minimum absolute atomic E-state index is 0.282. The number of hydrogen-bond acceptors (Lipinski definition) is 2. The number of hydrogen-bond donors (Lipinski definition) is 1. The van der Waals surface area contributed by atoms with Crippen molar-refractivity contribution in [2.75, 3.05) is 7.11 Å². The summed E-state index contributed by atoms with van der Waals surface area (Å²) in [5.74, 6) is 0. The van der Waals surface area contributed by atoms with E-state index in [0.717, 1.165) is 4.74 Å². The van der Waals surface area contributed by atoms with E-state index in [-0.39, 0.29) is 5.54 Å². The Morgan fingerprint density at radius 3 is 2.00 bits per heavy atom. The maximum Gasteiger partial charge on any atom is 0.373 e. The smallest absolute Gasteiger partial charge is 0.373 e. The Labute approximate surface area is 55.5 Å². The van der Waals surface area contributed by atoms with Crippen molar-refractivity contribution in [1.29, 1.82) is 0 Å². The monoisotopic (exact) mass is 132 g/mol. The molecule has 0 amide bonds. The summed E-state index contributed by atoms with van der Waals surface area (Å²) in [6, 6.07) is 0. The SMILES string of the molecule is CO/C=[N+](\O)C(C)(C)C. The fourth-order valence-corrected chi connectivity index (χ4v) is 0.258. The average Bonchev–Trinajstić information content (AvgIpc) is 1.64. The van der Waals surface area contributed by atoms with Crippen LogP contribution in [0.25, 0.3) is 0 Å². The summed E-state index contributed by atoms with van der Waals surface area (Å²) in [5.41, 5.74) is -0.282. The van der Waals surface area contributed by atoms with Crippen molar-refractivity contribution >= 4 is 6.40 Å². The molecule has 9 heavy (non-hydrogen) atoms. The molecule has 1 N–H and O–H groups in total. The second-order valence-electron chi connectivity index (χ2n) is 2.86. The fourth-order valence-electron chi connectivity index (χ4n) is 0.258. The quantitative estimate of drug-likeness (QED) is 0.189. The van der Waals surface area contributed by atoms with Gasteiger partial charge in [-0.25, -0.2) is 0 Å². The van der Waals surface area contributed by atoms with Crippen molar-refractivity contribution in [2.24, 2.45) is 0 Å². The van der Waals surface area contributed by atoms with Crippen molar-refractivity contribution in [3.05, 3.63) is 0 Å². The summed E-state index contributed by atoms with van der Waals surface area (Å²) in [4.78, 5) is 0. The van der Waals surface area contributed by atoms with Gasteiger partial charge in [-0.3, -0.25) is 5.21 Å². The molecule has 0 rings (SSSR count). The second-order valence-corrected chi connectivity index (χ2v) is 2.86. The van der Waals surface area contributed by atoms with E-state index >= 15 is 0 Å². The highest BCUT2D eigenvalue weighted by Crippen LogP contribution is 2.02. The average molecular weight is 132 g/mol. The normalized spacial score (nSPS) is 13.6. The zero-order valence-corrected chi connectivity index (χ0v) is 6.38. The van der Waals surface area contributed by atoms with Crippen LogP contribution in [0.4, 0.5) is 0 Å². The van der Waals surface area contributed by atoms with Crippen LogP contribution in [0.5, 0.6) is 0 Å². The molecule has 0 aliphatic heterocycles. The van der Waals surface area contributed by atoms with Crippen LogP contribution in [0.3, 0.4) is 0 Å². The van der Waals surface area contributed by atoms with Crippen LogP contribution in [-0.2, 0) is 4.74 Å². The highest BCUT2D eigenvalue weighted by Gasteiger charge is 2.24. The van der Waals surface area contributed by atoms with Crippen LogP contribution in [0.1, 0.15) is 20.8 Å². The van der Waals surface area contributed by atoms with E-state index < -0.39 is 0 Å². The molecule has 0 saturated heterocycles. The molecule has 0 spiro atoms. The molecule has 0 aliphatic carbocycles. The lowest BCUT2D eigenvalue weighted by Crippen LogP contribution is -2.31. The summed E-state index contributed by atoms with van der Waals surface area (Å²) in [6.07, 6.45) is 1.26. The number of hydroxylamine groups is 1. The van der Waals surface area contributed by atoms with Crippen LogP contribution in [0.15, 0.2) is 0 Å². The Kier molecular flexibility index (Phi) is 2.49. The molecule has 0 radical (unpaired) electrons. The molecule has 3 nitrogen and oxygen atoms in total. The zero-order valence-electron chi connectivity index (χ0n) is 6.38. The highest BCUT2D eigenvalue weighted by molar-refractivity contribution is 5.38. The topological polar surface area (TPSA) is 32.5 Å². The van der Waals surface area contributed by atoms with Crippen LogP contribution in [0, 0.1) is 0 Å². The lowest BCUT2D eigenvalue weighted by molar-refractivity contribution is -0.820. The first-order valence-corrected chi connectivity index (χ1v) is 2.83. The van der Waals surface area contributed by atoms with E-state index in [1.807, 2.05) is 20.8 Å². The largest absolute Gasteiger partial charge is 0.451 e. The molecular weight excluding hydrogens is 118 g/mol. The Morgan fingerprint density at radius 2 is 1.89 bits per heavy atom. The van der Waals surface area contributed by atoms with Crippen molar-refractivity contribution in [2.45, 2.75) is 26.3 Å². The van der Waals surface area contributed by atoms with E-state index in [0.29, 0.717) is 0 Å². The van der Waals surface area contributed by atoms with E-state index in [2.05, 4.69) is 4.74 Å². The van der Waals surface area contributed by atoms with Crippen LogP contribution in [0.2, 0.25) is 0 Å². The van der Waals surface area contributed by atoms with Gasteiger partial charge in [0.2, 0.25) is 5.54 Å². The van der Waals surface area contributed by atoms with Crippen LogP contribution >= 0.6 is 0 Å². The molecule has 0 aromatic rings. The summed E-state index contributed by atoms with van der Waals surface area (Å²) < 4.78 is 5.60. The summed E-state index contributed by atoms with van der Waals surface area (Å²) >= 11 is 0. The van der Waals surface area contributed by atoms with Gasteiger partial charge in [-0.1, -0.05) is 0 Å². The predicted octanol–water partition coefficient (Wildman–Crippen LogP) is 0.861. The van der Waals surface area contributed by atoms with Gasteiger partial charge in [0.15, 0.2) is 0 Å². The Hall–Kier alpha value is -0.730. The molecule has 0 aliphatic rings. The van der Waals surface area contributed by atoms with Crippen molar-refractivity contribution in [3.8, 4) is 0 Å². The van der Waals surface area contributed by atoms with Gasteiger partial charge in [-0.15, -0.1) is 0 Å². The van der Waals surface area contributed by atoms with Gasteiger partial charge in [-0.2, -0.15) is 0 Å². The second kappa shape index (κ2) is 2.71. The number of nitrogens with zero attached hydrogens (tertiary/aromatic N) is 1. The summed E-state index contributed by atoms with van der Waals surface area (Å²) in [6.45, 7) is 5.63. The standard InChI is InChI=1S/C6H14NO2/c1-6(2,3)7(8)5-9-4/h5,8H,1-4H3/q+1/b7-5-. The lowest BCUT2D eigenvalue weighted by atomic mass is 10.1. The highest BCUT2D eigenvalue weighted by atomic mass is 16.5. The Bertz CT molecular complexity index is 113. The Morgan fingerprint density at radius 1 is 1.44 bits per heavy atom. The summed E-state index contributed by atoms with van der Waals surface area (Å²) in [7, 11) is 1.50. The van der Waals surface area contributed by atoms with Gasteiger partial charge in [-0.05, 0) is 0 Å². The van der Waals surface area contributed by atoms with Gasteiger partial charge in [0.25, 0.3) is 0 Å². The number of methoxy groups -OCH3 is 1. The van der Waals surface area contributed by atoms with Gasteiger partial charge in [0.05, 0.1) is 7.11 Å². The minimum Gasteiger partial charge on any atom is -0.451 e. The molecule has 0 atom stereocenters. The molecule has 0 aromatic heterocycles. The third kappa shape index (κ3) is 2.95. The van der Waals surface area contributed by atoms with Crippen LogP contribution < -0.4 is 0 Å². The van der Waals surface area contributed by atoms with Gasteiger partial charge < -0.3 is 4.74 Å². The maximum atomic E-state index is 9.04. The van der Waals surface area contributed by atoms with Crippen molar-refractivity contribution in [3.63, 3.8) is 0 Å². The van der Waals surface area contributed by atoms with E-state index in [9.17, 15) is 0 Å². The molecule has 3 heteroatoms. The predicted molar refractivity (Wildman–Crippen MR) is 34.9 cm³/mol. The molecule has 0 fully saturated rings.